The average molecular weight is 585 g/mol. The van der Waals surface area contributed by atoms with E-state index in [0.29, 0.717) is 38.9 Å². The van der Waals surface area contributed by atoms with Crippen molar-refractivity contribution in [1.82, 2.24) is 0 Å². The molecule has 0 saturated heterocycles. The molecule has 0 aliphatic carbocycles. The van der Waals surface area contributed by atoms with E-state index in [-0.39, 0.29) is 0 Å². The minimum atomic E-state index is -3.30. The molecule has 7 aromatic rings. The van der Waals surface area contributed by atoms with Crippen molar-refractivity contribution < 1.29 is 14.0 Å². The average Bonchev–Trinajstić information content (AvgIpc) is 3.09. The predicted molar refractivity (Wildman–Crippen MR) is 180 cm³/mol. The third-order valence-electron chi connectivity index (χ3n) is 8.67. The molecule has 2 aliphatic heterocycles. The van der Waals surface area contributed by atoms with Crippen molar-refractivity contribution in [2.45, 2.75) is 0 Å². The SMILES string of the molecule is O=P12c3ccccc3Oc3cc(-c4cc(-c5ccccc5)cc(-c5ccccc5)c4)cc(c31)Oc1c2ccc2ccccc12. The van der Waals surface area contributed by atoms with Crippen molar-refractivity contribution in [2.24, 2.45) is 0 Å². The molecule has 0 fully saturated rings. The van der Waals surface area contributed by atoms with E-state index in [2.05, 4.69) is 72.8 Å². The number of ether oxygens (including phenoxy) is 2. The Labute approximate surface area is 255 Å². The third kappa shape index (κ3) is 3.73. The second kappa shape index (κ2) is 9.57. The van der Waals surface area contributed by atoms with Gasteiger partial charge in [-0.05, 0) is 87.3 Å². The highest BCUT2D eigenvalue weighted by Crippen LogP contribution is 2.59. The largest absolute Gasteiger partial charge is 0.456 e. The fraction of sp³-hybridized carbons (Fsp3) is 0. The maximum Gasteiger partial charge on any atom is 0.185 e. The Morgan fingerprint density at radius 2 is 0.955 bits per heavy atom. The van der Waals surface area contributed by atoms with Crippen LogP contribution in [0.1, 0.15) is 0 Å². The number of para-hydroxylation sites is 1. The molecule has 3 nitrogen and oxygen atoms in total. The zero-order valence-electron chi connectivity index (χ0n) is 23.6. The molecule has 7 aromatic carbocycles. The van der Waals surface area contributed by atoms with Gasteiger partial charge >= 0.3 is 0 Å². The lowest BCUT2D eigenvalue weighted by Crippen LogP contribution is -2.35. The van der Waals surface area contributed by atoms with Gasteiger partial charge in [-0.2, -0.15) is 0 Å². The van der Waals surface area contributed by atoms with E-state index in [1.807, 2.05) is 78.9 Å². The molecule has 0 bridgehead atoms. The molecule has 0 amide bonds. The van der Waals surface area contributed by atoms with Gasteiger partial charge in [0.1, 0.15) is 28.3 Å². The summed E-state index contributed by atoms with van der Waals surface area (Å²) in [5.74, 6) is 2.42. The summed E-state index contributed by atoms with van der Waals surface area (Å²) in [4.78, 5) is 0. The van der Waals surface area contributed by atoms with Crippen molar-refractivity contribution in [3.8, 4) is 56.4 Å². The molecule has 0 radical (unpaired) electrons. The van der Waals surface area contributed by atoms with E-state index < -0.39 is 7.14 Å². The van der Waals surface area contributed by atoms with Gasteiger partial charge in [0, 0.05) is 5.39 Å². The fourth-order valence-electron chi connectivity index (χ4n) is 6.59. The second-order valence-electron chi connectivity index (χ2n) is 11.3. The van der Waals surface area contributed by atoms with Crippen LogP contribution in [0.4, 0.5) is 0 Å². The molecule has 0 N–H and O–H groups in total. The van der Waals surface area contributed by atoms with Crippen LogP contribution < -0.4 is 25.4 Å². The molecule has 208 valence electrons. The number of benzene rings is 7. The monoisotopic (exact) mass is 584 g/mol. The fourth-order valence-corrected chi connectivity index (χ4v) is 9.64. The lowest BCUT2D eigenvalue weighted by Gasteiger charge is -2.35. The van der Waals surface area contributed by atoms with Crippen LogP contribution in [0, 0.1) is 0 Å². The summed E-state index contributed by atoms with van der Waals surface area (Å²) in [6.07, 6.45) is 0. The summed E-state index contributed by atoms with van der Waals surface area (Å²) in [7, 11) is -3.30. The van der Waals surface area contributed by atoms with E-state index in [1.165, 1.54) is 0 Å². The Hall–Kier alpha value is -5.37. The summed E-state index contributed by atoms with van der Waals surface area (Å²) >= 11 is 0. The van der Waals surface area contributed by atoms with E-state index in [9.17, 15) is 0 Å². The normalized spacial score (nSPS) is 15.8. The van der Waals surface area contributed by atoms with Crippen LogP contribution in [0.5, 0.6) is 23.0 Å². The van der Waals surface area contributed by atoms with E-state index in [4.69, 9.17) is 9.47 Å². The maximum atomic E-state index is 15.6. The summed E-state index contributed by atoms with van der Waals surface area (Å²) < 4.78 is 28.8. The Balaban J connectivity index is 1.31. The predicted octanol–water partition coefficient (Wildman–Crippen LogP) is 9.69. The van der Waals surface area contributed by atoms with Crippen LogP contribution in [0.3, 0.4) is 0 Å². The highest BCUT2D eigenvalue weighted by molar-refractivity contribution is 7.86. The van der Waals surface area contributed by atoms with Gasteiger partial charge in [0.25, 0.3) is 0 Å². The minimum Gasteiger partial charge on any atom is -0.456 e. The summed E-state index contributed by atoms with van der Waals surface area (Å²) in [5.41, 5.74) is 6.46. The first-order chi connectivity index (χ1) is 21.7. The molecule has 0 saturated carbocycles. The van der Waals surface area contributed by atoms with Gasteiger partial charge in [-0.3, -0.25) is 0 Å². The molecule has 2 aliphatic rings. The quantitative estimate of drug-likeness (QED) is 0.194. The number of hydrogen-bond acceptors (Lipinski definition) is 3. The molecule has 1 unspecified atom stereocenters. The topological polar surface area (TPSA) is 35.5 Å². The van der Waals surface area contributed by atoms with Crippen molar-refractivity contribution in [3.63, 3.8) is 0 Å². The van der Waals surface area contributed by atoms with Gasteiger partial charge < -0.3 is 14.0 Å². The van der Waals surface area contributed by atoms with E-state index >= 15 is 4.57 Å². The van der Waals surface area contributed by atoms with Gasteiger partial charge in [-0.25, -0.2) is 0 Å². The third-order valence-corrected chi connectivity index (χ3v) is 11.8. The first-order valence-electron chi connectivity index (χ1n) is 14.7. The number of hydrogen-bond donors (Lipinski definition) is 0. The molecule has 0 spiro atoms. The maximum absolute atomic E-state index is 15.6. The highest BCUT2D eigenvalue weighted by Gasteiger charge is 2.47. The van der Waals surface area contributed by atoms with E-state index in [1.54, 1.807) is 0 Å². The van der Waals surface area contributed by atoms with Gasteiger partial charge in [-0.1, -0.05) is 103 Å². The molecule has 44 heavy (non-hydrogen) atoms. The van der Waals surface area contributed by atoms with Gasteiger partial charge in [-0.15, -0.1) is 0 Å². The molecule has 0 aromatic heterocycles. The lowest BCUT2D eigenvalue weighted by atomic mass is 9.93. The molecular weight excluding hydrogens is 559 g/mol. The van der Waals surface area contributed by atoms with Crippen molar-refractivity contribution in [3.05, 3.63) is 152 Å². The first kappa shape index (κ1) is 25.2. The van der Waals surface area contributed by atoms with Crippen LogP contribution in [0.2, 0.25) is 0 Å². The lowest BCUT2D eigenvalue weighted by molar-refractivity contribution is 0.464. The second-order valence-corrected chi connectivity index (χ2v) is 13.9. The Morgan fingerprint density at radius 3 is 1.66 bits per heavy atom. The van der Waals surface area contributed by atoms with E-state index in [0.717, 1.165) is 44.2 Å². The molecule has 9 rings (SSSR count). The van der Waals surface area contributed by atoms with Crippen LogP contribution in [-0.4, -0.2) is 0 Å². The Kier molecular flexibility index (Phi) is 5.47. The van der Waals surface area contributed by atoms with Crippen molar-refractivity contribution in [1.29, 1.82) is 0 Å². The van der Waals surface area contributed by atoms with Crippen LogP contribution in [-0.2, 0) is 4.57 Å². The Morgan fingerprint density at radius 1 is 0.409 bits per heavy atom. The molecule has 2 heterocycles. The first-order valence-corrected chi connectivity index (χ1v) is 16.4. The standard InChI is InChI=1S/C40H25O3P/c41-44-37-18-10-9-17-34(37)42-35-24-32(25-36(40(35)44)43-39-33-16-8-7-15-28(33)19-20-38(39)44)31-22-29(26-11-3-1-4-12-26)21-30(23-31)27-13-5-2-6-14-27/h1-25H. The summed E-state index contributed by atoms with van der Waals surface area (Å²) in [6, 6.07) is 51.3. The van der Waals surface area contributed by atoms with Gasteiger partial charge in [0.05, 0.1) is 10.6 Å². The van der Waals surface area contributed by atoms with Crippen molar-refractivity contribution >= 4 is 33.8 Å². The zero-order valence-corrected chi connectivity index (χ0v) is 24.5. The summed E-state index contributed by atoms with van der Waals surface area (Å²) in [5, 5.41) is 4.04. The molecule has 4 heteroatoms. The minimum absolute atomic E-state index is 0.574. The summed E-state index contributed by atoms with van der Waals surface area (Å²) in [6.45, 7) is 0. The number of fused-ring (bicyclic) bond motifs is 6. The smallest absolute Gasteiger partial charge is 0.185 e. The van der Waals surface area contributed by atoms with Crippen molar-refractivity contribution in [2.75, 3.05) is 0 Å². The van der Waals surface area contributed by atoms with Crippen LogP contribution in [0.25, 0.3) is 44.2 Å². The molecular formula is C40H25O3P. The van der Waals surface area contributed by atoms with Gasteiger partial charge in [0.2, 0.25) is 0 Å². The van der Waals surface area contributed by atoms with Crippen LogP contribution >= 0.6 is 7.14 Å². The molecule has 1 atom stereocenters. The van der Waals surface area contributed by atoms with Gasteiger partial charge in [0.15, 0.2) is 7.14 Å². The highest BCUT2D eigenvalue weighted by atomic mass is 31.2. The zero-order chi connectivity index (χ0) is 29.3. The number of rotatable bonds is 3. The Bertz CT molecular complexity index is 2250. The van der Waals surface area contributed by atoms with Crippen LogP contribution in [0.15, 0.2) is 152 Å².